The van der Waals surface area contributed by atoms with Gasteiger partial charge in [0.15, 0.2) is 5.65 Å². The number of nitrogen functional groups attached to an aromatic ring is 1. The van der Waals surface area contributed by atoms with Crippen molar-refractivity contribution in [3.63, 3.8) is 0 Å². The molecule has 20 heavy (non-hydrogen) atoms. The van der Waals surface area contributed by atoms with Gasteiger partial charge in [-0.2, -0.15) is 0 Å². The maximum atomic E-state index is 13.4. The van der Waals surface area contributed by atoms with E-state index in [1.54, 1.807) is 29.2 Å². The van der Waals surface area contributed by atoms with Crippen molar-refractivity contribution in [3.8, 4) is 11.3 Å². The van der Waals surface area contributed by atoms with E-state index in [1.807, 2.05) is 0 Å². The van der Waals surface area contributed by atoms with E-state index in [0.717, 1.165) is 5.56 Å². The highest BCUT2D eigenvalue weighted by Gasteiger charge is 2.14. The average molecular weight is 268 g/mol. The molecule has 4 aromatic heterocycles. The Morgan fingerprint density at radius 2 is 2.20 bits per heavy atom. The third-order valence-corrected chi connectivity index (χ3v) is 3.15. The lowest BCUT2D eigenvalue weighted by molar-refractivity contribution is 0.624. The largest absolute Gasteiger partial charge is 0.382 e. The van der Waals surface area contributed by atoms with Crippen LogP contribution in [0.1, 0.15) is 0 Å². The Bertz CT molecular complexity index is 938. The van der Waals surface area contributed by atoms with Crippen molar-refractivity contribution in [1.29, 1.82) is 0 Å². The molecule has 0 amide bonds. The van der Waals surface area contributed by atoms with Gasteiger partial charge < -0.3 is 15.1 Å². The molecular weight excluding hydrogens is 259 g/mol. The number of halogens is 1. The van der Waals surface area contributed by atoms with Crippen molar-refractivity contribution in [2.24, 2.45) is 0 Å². The van der Waals surface area contributed by atoms with Crippen LogP contribution in [-0.4, -0.2) is 24.3 Å². The van der Waals surface area contributed by atoms with Crippen LogP contribution in [0.3, 0.4) is 0 Å². The summed E-state index contributed by atoms with van der Waals surface area (Å²) in [6, 6.07) is 1.42. The Balaban J connectivity index is 2.10. The molecule has 98 valence electrons. The standard InChI is InChI=1S/C13H9FN6/c14-7-3-8-9(5-18-12(8)17-4-7)11-13-16-1-2-20(13)6-10(15)19-11/h1-6H,15H2,(H,17,18). The van der Waals surface area contributed by atoms with Gasteiger partial charge in [0.25, 0.3) is 0 Å². The Morgan fingerprint density at radius 3 is 3.10 bits per heavy atom. The molecule has 0 atom stereocenters. The van der Waals surface area contributed by atoms with Crippen LogP contribution in [-0.2, 0) is 0 Å². The molecule has 0 bridgehead atoms. The predicted octanol–water partition coefficient (Wildman–Crippen LogP) is 1.99. The summed E-state index contributed by atoms with van der Waals surface area (Å²) in [7, 11) is 0. The van der Waals surface area contributed by atoms with Gasteiger partial charge in [-0.25, -0.2) is 19.3 Å². The fraction of sp³-hybridized carbons (Fsp3) is 0. The Labute approximate surface area is 112 Å². The topological polar surface area (TPSA) is 84.9 Å². The van der Waals surface area contributed by atoms with E-state index >= 15 is 0 Å². The number of H-pyrrole nitrogens is 1. The van der Waals surface area contributed by atoms with Gasteiger partial charge in [0, 0.05) is 29.5 Å². The number of anilines is 1. The van der Waals surface area contributed by atoms with E-state index in [4.69, 9.17) is 5.73 Å². The first-order valence-corrected chi connectivity index (χ1v) is 5.94. The zero-order valence-corrected chi connectivity index (χ0v) is 10.2. The van der Waals surface area contributed by atoms with Crippen molar-refractivity contribution >= 4 is 22.5 Å². The summed E-state index contributed by atoms with van der Waals surface area (Å²) in [6.07, 6.45) is 8.02. The number of nitrogens with one attached hydrogen (secondary N) is 1. The molecular formula is C13H9FN6. The van der Waals surface area contributed by atoms with Crippen LogP contribution < -0.4 is 5.73 Å². The number of imidazole rings is 1. The molecule has 0 fully saturated rings. The van der Waals surface area contributed by atoms with E-state index < -0.39 is 5.82 Å². The number of nitrogens with two attached hydrogens (primary N) is 1. The van der Waals surface area contributed by atoms with Gasteiger partial charge in [-0.3, -0.25) is 0 Å². The van der Waals surface area contributed by atoms with Crippen LogP contribution in [0.15, 0.2) is 37.1 Å². The minimum atomic E-state index is -0.401. The van der Waals surface area contributed by atoms with Gasteiger partial charge in [-0.05, 0) is 6.07 Å². The van der Waals surface area contributed by atoms with Gasteiger partial charge in [-0.1, -0.05) is 0 Å². The number of aromatic nitrogens is 5. The van der Waals surface area contributed by atoms with Gasteiger partial charge >= 0.3 is 0 Å². The molecule has 4 aromatic rings. The summed E-state index contributed by atoms with van der Waals surface area (Å²) >= 11 is 0. The predicted molar refractivity (Wildman–Crippen MR) is 72.4 cm³/mol. The molecule has 0 aliphatic rings. The molecule has 0 saturated heterocycles. The van der Waals surface area contributed by atoms with Crippen molar-refractivity contribution in [3.05, 3.63) is 42.9 Å². The van der Waals surface area contributed by atoms with E-state index in [9.17, 15) is 4.39 Å². The fourth-order valence-electron chi connectivity index (χ4n) is 2.31. The minimum Gasteiger partial charge on any atom is -0.382 e. The number of aromatic amines is 1. The molecule has 0 aliphatic heterocycles. The van der Waals surface area contributed by atoms with Gasteiger partial charge in [0.05, 0.1) is 12.4 Å². The quantitative estimate of drug-likeness (QED) is 0.553. The van der Waals surface area contributed by atoms with Crippen molar-refractivity contribution < 1.29 is 4.39 Å². The average Bonchev–Trinajstić information content (AvgIpc) is 3.03. The van der Waals surface area contributed by atoms with Crippen LogP contribution in [0.25, 0.3) is 27.9 Å². The highest BCUT2D eigenvalue weighted by atomic mass is 19.1. The number of rotatable bonds is 1. The zero-order chi connectivity index (χ0) is 13.7. The number of hydrogen-bond donors (Lipinski definition) is 2. The van der Waals surface area contributed by atoms with Crippen molar-refractivity contribution in [2.75, 3.05) is 5.73 Å². The number of fused-ring (bicyclic) bond motifs is 2. The van der Waals surface area contributed by atoms with Crippen molar-refractivity contribution in [2.45, 2.75) is 0 Å². The summed E-state index contributed by atoms with van der Waals surface area (Å²) in [5.41, 5.74) is 8.36. The summed E-state index contributed by atoms with van der Waals surface area (Å²) < 4.78 is 15.2. The third kappa shape index (κ3) is 1.46. The summed E-state index contributed by atoms with van der Waals surface area (Å²) in [5, 5.41) is 0.646. The van der Waals surface area contributed by atoms with Crippen LogP contribution in [0.2, 0.25) is 0 Å². The lowest BCUT2D eigenvalue weighted by Gasteiger charge is -2.03. The van der Waals surface area contributed by atoms with Crippen LogP contribution >= 0.6 is 0 Å². The molecule has 0 aliphatic carbocycles. The van der Waals surface area contributed by atoms with Crippen LogP contribution in [0.5, 0.6) is 0 Å². The molecule has 3 N–H and O–H groups in total. The second kappa shape index (κ2) is 3.77. The minimum absolute atomic E-state index is 0.365. The highest BCUT2D eigenvalue weighted by molar-refractivity contribution is 5.96. The lowest BCUT2D eigenvalue weighted by Crippen LogP contribution is -1.98. The van der Waals surface area contributed by atoms with Crippen molar-refractivity contribution in [1.82, 2.24) is 24.3 Å². The molecule has 0 spiro atoms. The molecule has 4 rings (SSSR count). The number of pyridine rings is 1. The van der Waals surface area contributed by atoms with Gasteiger partial charge in [0.1, 0.15) is 23.0 Å². The van der Waals surface area contributed by atoms with Gasteiger partial charge in [0.2, 0.25) is 0 Å². The Kier molecular flexibility index (Phi) is 2.06. The smallest absolute Gasteiger partial charge is 0.163 e. The maximum Gasteiger partial charge on any atom is 0.163 e. The molecule has 7 heteroatoms. The van der Waals surface area contributed by atoms with E-state index in [-0.39, 0.29) is 0 Å². The van der Waals surface area contributed by atoms with Gasteiger partial charge in [-0.15, -0.1) is 0 Å². The molecule has 0 saturated carbocycles. The number of hydrogen-bond acceptors (Lipinski definition) is 4. The zero-order valence-electron chi connectivity index (χ0n) is 10.2. The molecule has 0 unspecified atom stereocenters. The first-order valence-electron chi connectivity index (χ1n) is 5.94. The lowest BCUT2D eigenvalue weighted by atomic mass is 10.1. The second-order valence-electron chi connectivity index (χ2n) is 4.42. The summed E-state index contributed by atoms with van der Waals surface area (Å²) in [4.78, 5) is 15.6. The Morgan fingerprint density at radius 1 is 1.30 bits per heavy atom. The monoisotopic (exact) mass is 268 g/mol. The fourth-order valence-corrected chi connectivity index (χ4v) is 2.31. The first kappa shape index (κ1) is 10.9. The molecule has 4 heterocycles. The van der Waals surface area contributed by atoms with Crippen LogP contribution in [0, 0.1) is 5.82 Å². The molecule has 6 nitrogen and oxygen atoms in total. The number of nitrogens with zero attached hydrogens (tertiary/aromatic N) is 4. The molecule has 0 radical (unpaired) electrons. The van der Waals surface area contributed by atoms with Crippen LogP contribution in [0.4, 0.5) is 10.2 Å². The third-order valence-electron chi connectivity index (χ3n) is 3.15. The maximum absolute atomic E-state index is 13.4. The summed E-state index contributed by atoms with van der Waals surface area (Å²) in [6.45, 7) is 0. The normalized spacial score (nSPS) is 11.4. The first-order chi connectivity index (χ1) is 9.72. The Hall–Kier alpha value is -2.96. The van der Waals surface area contributed by atoms with E-state index in [0.29, 0.717) is 28.2 Å². The second-order valence-corrected chi connectivity index (χ2v) is 4.42. The summed E-state index contributed by atoms with van der Waals surface area (Å²) in [5.74, 6) is -0.0363. The SMILES string of the molecule is Nc1cn2ccnc2c(-c2c[nH]c3ncc(F)cc23)n1. The van der Waals surface area contributed by atoms with E-state index in [1.165, 1.54) is 12.3 Å². The highest BCUT2D eigenvalue weighted by Crippen LogP contribution is 2.29. The molecule has 0 aromatic carbocycles. The van der Waals surface area contributed by atoms with E-state index in [2.05, 4.69) is 19.9 Å².